The van der Waals surface area contributed by atoms with Crippen molar-refractivity contribution in [1.29, 1.82) is 0 Å². The third-order valence-corrected chi connectivity index (χ3v) is 10.4. The molecule has 0 spiro atoms. The van der Waals surface area contributed by atoms with E-state index in [0.29, 0.717) is 12.8 Å². The molecule has 0 aliphatic heterocycles. The Morgan fingerprint density at radius 3 is 1.10 bits per heavy atom. The van der Waals surface area contributed by atoms with E-state index in [1.807, 2.05) is 0 Å². The van der Waals surface area contributed by atoms with Crippen LogP contribution in [-0.2, 0) is 19.1 Å². The Kier molecular flexibility index (Phi) is 47.5. The van der Waals surface area contributed by atoms with Gasteiger partial charge < -0.3 is 14.6 Å². The first-order valence-electron chi connectivity index (χ1n) is 24.8. The predicted molar refractivity (Wildman–Crippen MR) is 260 cm³/mol. The molecule has 0 amide bonds. The average Bonchev–Trinajstić information content (AvgIpc) is 3.25. The summed E-state index contributed by atoms with van der Waals surface area (Å²) in [6.45, 7) is 4.00. The lowest BCUT2D eigenvalue weighted by molar-refractivity contribution is -0.161. The molecule has 0 aromatic rings. The van der Waals surface area contributed by atoms with Crippen molar-refractivity contribution in [3.63, 3.8) is 0 Å². The van der Waals surface area contributed by atoms with Gasteiger partial charge in [0.15, 0.2) is 6.10 Å². The molecule has 5 nitrogen and oxygen atoms in total. The molecule has 1 N–H and O–H groups in total. The van der Waals surface area contributed by atoms with Crippen LogP contribution in [0, 0.1) is 0 Å². The van der Waals surface area contributed by atoms with Gasteiger partial charge in [0.05, 0.1) is 6.61 Å². The fraction of sp³-hybridized carbons (Fsp3) is 0.673. The Balaban J connectivity index is 3.58. The summed E-state index contributed by atoms with van der Waals surface area (Å²) in [7, 11) is 0. The van der Waals surface area contributed by atoms with Crippen LogP contribution >= 0.6 is 0 Å². The SMILES string of the molecule is CC/C=C\C/C=C\C/C=C\C/C=C\C/C=C\C/C=C\C/C=C\CCCCCCCCCCCC(=O)OC(CO)COC(=O)CCCCCCC/C=C\CCCCCCCC. The Morgan fingerprint density at radius 1 is 0.400 bits per heavy atom. The summed E-state index contributed by atoms with van der Waals surface area (Å²) in [5.41, 5.74) is 0. The molecule has 0 saturated carbocycles. The van der Waals surface area contributed by atoms with Gasteiger partial charge in [0.25, 0.3) is 0 Å². The zero-order valence-corrected chi connectivity index (χ0v) is 38.9. The van der Waals surface area contributed by atoms with Crippen molar-refractivity contribution in [2.75, 3.05) is 13.2 Å². The predicted octanol–water partition coefficient (Wildman–Crippen LogP) is 16.4. The number of ether oxygens (including phenoxy) is 2. The summed E-state index contributed by atoms with van der Waals surface area (Å²) in [6.07, 6.45) is 70.6. The molecule has 0 aliphatic carbocycles. The standard InChI is InChI=1S/C55H92O5/c1-3-5-7-9-11-13-15-17-19-20-21-22-23-24-25-26-27-28-29-30-31-32-33-34-36-38-40-42-44-46-48-50-55(58)60-53(51-56)52-59-54(57)49-47-45-43-41-39-37-35-18-16-14-12-10-8-6-4-2/h5,7,11,13,17-19,21-22,24-25,27-28,30-31,35,53,56H,3-4,6,8-10,12,14-16,20,23,26,29,32-34,36-52H2,1-2H3/b7-5-,13-11-,19-17-,22-21-,25-24-,28-27-,31-30-,35-18-. The number of unbranched alkanes of at least 4 members (excludes halogenated alkanes) is 20. The van der Waals surface area contributed by atoms with Crippen molar-refractivity contribution in [2.45, 2.75) is 225 Å². The van der Waals surface area contributed by atoms with Gasteiger partial charge in [0.1, 0.15) is 6.61 Å². The van der Waals surface area contributed by atoms with E-state index < -0.39 is 6.10 Å². The van der Waals surface area contributed by atoms with Crippen molar-refractivity contribution in [2.24, 2.45) is 0 Å². The molecule has 0 saturated heterocycles. The van der Waals surface area contributed by atoms with E-state index in [2.05, 4.69) is 111 Å². The second kappa shape index (κ2) is 50.2. The third-order valence-electron chi connectivity index (χ3n) is 10.4. The van der Waals surface area contributed by atoms with Crippen LogP contribution in [-0.4, -0.2) is 36.4 Å². The van der Waals surface area contributed by atoms with Gasteiger partial charge in [-0.3, -0.25) is 9.59 Å². The highest BCUT2D eigenvalue weighted by molar-refractivity contribution is 5.70. The van der Waals surface area contributed by atoms with E-state index >= 15 is 0 Å². The van der Waals surface area contributed by atoms with Gasteiger partial charge in [-0.1, -0.05) is 207 Å². The van der Waals surface area contributed by atoms with E-state index in [9.17, 15) is 14.7 Å². The number of hydrogen-bond acceptors (Lipinski definition) is 5. The summed E-state index contributed by atoms with van der Waals surface area (Å²) in [6, 6.07) is 0. The summed E-state index contributed by atoms with van der Waals surface area (Å²) in [5.74, 6) is -0.611. The van der Waals surface area contributed by atoms with Gasteiger partial charge in [-0.05, 0) is 96.3 Å². The topological polar surface area (TPSA) is 72.8 Å². The van der Waals surface area contributed by atoms with E-state index in [0.717, 1.165) is 96.3 Å². The van der Waals surface area contributed by atoms with Crippen LogP contribution in [0.1, 0.15) is 219 Å². The smallest absolute Gasteiger partial charge is 0.306 e. The molecule has 342 valence electrons. The van der Waals surface area contributed by atoms with Crippen LogP contribution < -0.4 is 0 Å². The molecule has 0 aliphatic rings. The largest absolute Gasteiger partial charge is 0.462 e. The van der Waals surface area contributed by atoms with Crippen LogP contribution in [0.5, 0.6) is 0 Å². The third kappa shape index (κ3) is 47.5. The van der Waals surface area contributed by atoms with Crippen LogP contribution in [0.4, 0.5) is 0 Å². The van der Waals surface area contributed by atoms with Gasteiger partial charge in [-0.15, -0.1) is 0 Å². The first-order valence-corrected chi connectivity index (χ1v) is 24.8. The molecule has 5 heteroatoms. The monoisotopic (exact) mass is 833 g/mol. The number of allylic oxidation sites excluding steroid dienone is 16. The molecule has 0 bridgehead atoms. The fourth-order valence-corrected chi connectivity index (χ4v) is 6.65. The number of hydrogen-bond donors (Lipinski definition) is 1. The molecule has 0 fully saturated rings. The second-order valence-electron chi connectivity index (χ2n) is 16.2. The van der Waals surface area contributed by atoms with Gasteiger partial charge >= 0.3 is 11.9 Å². The lowest BCUT2D eigenvalue weighted by Crippen LogP contribution is -2.28. The lowest BCUT2D eigenvalue weighted by Gasteiger charge is -2.15. The van der Waals surface area contributed by atoms with Gasteiger partial charge in [0, 0.05) is 12.8 Å². The quantitative estimate of drug-likeness (QED) is 0.0376. The van der Waals surface area contributed by atoms with Crippen LogP contribution in [0.15, 0.2) is 97.2 Å². The lowest BCUT2D eigenvalue weighted by atomic mass is 10.1. The summed E-state index contributed by atoms with van der Waals surface area (Å²) >= 11 is 0. The Labute approximate surface area is 370 Å². The maximum atomic E-state index is 12.3. The Morgan fingerprint density at radius 2 is 0.717 bits per heavy atom. The molecular formula is C55H92O5. The minimum Gasteiger partial charge on any atom is -0.462 e. The highest BCUT2D eigenvalue weighted by atomic mass is 16.6. The highest BCUT2D eigenvalue weighted by Gasteiger charge is 2.16. The fourth-order valence-electron chi connectivity index (χ4n) is 6.65. The number of esters is 2. The molecular weight excluding hydrogens is 741 g/mol. The number of aliphatic hydroxyl groups is 1. The first-order chi connectivity index (χ1) is 29.6. The summed E-state index contributed by atoms with van der Waals surface area (Å²) in [5, 5.41) is 9.61. The number of rotatable bonds is 44. The molecule has 0 aromatic carbocycles. The number of carbonyl (C=O) groups is 2. The van der Waals surface area contributed by atoms with Crippen molar-refractivity contribution in [3.05, 3.63) is 97.2 Å². The van der Waals surface area contributed by atoms with Gasteiger partial charge in [-0.25, -0.2) is 0 Å². The van der Waals surface area contributed by atoms with Crippen molar-refractivity contribution in [3.8, 4) is 0 Å². The van der Waals surface area contributed by atoms with Gasteiger partial charge in [-0.2, -0.15) is 0 Å². The molecule has 0 radical (unpaired) electrons. The van der Waals surface area contributed by atoms with Crippen LogP contribution in [0.25, 0.3) is 0 Å². The molecule has 60 heavy (non-hydrogen) atoms. The van der Waals surface area contributed by atoms with E-state index in [1.54, 1.807) is 0 Å². The zero-order chi connectivity index (χ0) is 43.5. The average molecular weight is 833 g/mol. The maximum Gasteiger partial charge on any atom is 0.306 e. The van der Waals surface area contributed by atoms with E-state index in [1.165, 1.54) is 96.3 Å². The van der Waals surface area contributed by atoms with E-state index in [4.69, 9.17) is 9.47 Å². The van der Waals surface area contributed by atoms with Crippen molar-refractivity contribution < 1.29 is 24.2 Å². The maximum absolute atomic E-state index is 12.3. The Bertz CT molecular complexity index is 1170. The molecule has 0 rings (SSSR count). The van der Waals surface area contributed by atoms with Crippen molar-refractivity contribution >= 4 is 11.9 Å². The van der Waals surface area contributed by atoms with Gasteiger partial charge in [0.2, 0.25) is 0 Å². The van der Waals surface area contributed by atoms with Crippen LogP contribution in [0.3, 0.4) is 0 Å². The minimum atomic E-state index is -0.784. The first kappa shape index (κ1) is 56.8. The molecule has 1 unspecified atom stereocenters. The molecule has 0 aromatic heterocycles. The summed E-state index contributed by atoms with van der Waals surface area (Å²) in [4.78, 5) is 24.4. The highest BCUT2D eigenvalue weighted by Crippen LogP contribution is 2.14. The normalized spacial score (nSPS) is 13.1. The second-order valence-corrected chi connectivity index (χ2v) is 16.2. The van der Waals surface area contributed by atoms with Crippen molar-refractivity contribution in [1.82, 2.24) is 0 Å². The minimum absolute atomic E-state index is 0.0766. The molecule has 1 atom stereocenters. The van der Waals surface area contributed by atoms with Crippen LogP contribution in [0.2, 0.25) is 0 Å². The zero-order valence-electron chi connectivity index (χ0n) is 38.9. The number of carbonyl (C=O) groups excluding carboxylic acids is 2. The molecule has 0 heterocycles. The Hall–Kier alpha value is -3.18. The summed E-state index contributed by atoms with van der Waals surface area (Å²) < 4.78 is 10.6. The van der Waals surface area contributed by atoms with E-state index in [-0.39, 0.29) is 25.2 Å². The number of aliphatic hydroxyl groups excluding tert-OH is 1.